The minimum atomic E-state index is -0.0641. The predicted octanol–water partition coefficient (Wildman–Crippen LogP) is 2.58. The van der Waals surface area contributed by atoms with Crippen LogP contribution in [0.1, 0.15) is 34.0 Å². The molecule has 1 saturated heterocycles. The number of fused-ring (bicyclic) bond motifs is 1. The van der Waals surface area contributed by atoms with Crippen molar-refractivity contribution in [2.24, 2.45) is 5.73 Å². The monoisotopic (exact) mass is 340 g/mol. The number of hydrogen-bond acceptors (Lipinski definition) is 6. The number of aromatic nitrogens is 2. The second kappa shape index (κ2) is 5.70. The molecule has 7 heteroatoms. The first-order chi connectivity index (χ1) is 11.9. The first-order valence-corrected chi connectivity index (χ1v) is 8.33. The molecule has 3 aromatic rings. The number of nitrogens with two attached hydrogens (primary N) is 1. The van der Waals surface area contributed by atoms with Gasteiger partial charge < -0.3 is 19.6 Å². The Morgan fingerprint density at radius 3 is 2.76 bits per heavy atom. The summed E-state index contributed by atoms with van der Waals surface area (Å²) in [5.74, 6) is 1.48. The summed E-state index contributed by atoms with van der Waals surface area (Å²) in [7, 11) is 0. The van der Waals surface area contributed by atoms with Gasteiger partial charge in [0.1, 0.15) is 11.5 Å². The van der Waals surface area contributed by atoms with E-state index in [0.29, 0.717) is 41.1 Å². The minimum Gasteiger partial charge on any atom is -0.466 e. The van der Waals surface area contributed by atoms with Gasteiger partial charge in [0.05, 0.1) is 22.3 Å². The van der Waals surface area contributed by atoms with E-state index in [4.69, 9.17) is 14.7 Å². The first kappa shape index (κ1) is 15.8. The quantitative estimate of drug-likeness (QED) is 0.770. The van der Waals surface area contributed by atoms with Crippen molar-refractivity contribution in [1.82, 2.24) is 15.0 Å². The van der Waals surface area contributed by atoms with Gasteiger partial charge in [0.15, 0.2) is 0 Å². The maximum Gasteiger partial charge on any atom is 0.259 e. The third kappa shape index (κ3) is 2.60. The number of hydrogen-bond donors (Lipinski definition) is 1. The van der Waals surface area contributed by atoms with E-state index in [2.05, 4.69) is 10.1 Å². The molecule has 4 rings (SSSR count). The third-order valence-corrected chi connectivity index (χ3v) is 4.68. The number of amides is 1. The van der Waals surface area contributed by atoms with Crippen molar-refractivity contribution in [3.8, 4) is 11.3 Å². The van der Waals surface area contributed by atoms with E-state index in [1.807, 2.05) is 26.8 Å². The summed E-state index contributed by atoms with van der Waals surface area (Å²) in [4.78, 5) is 19.4. The Hall–Kier alpha value is -2.67. The molecule has 7 nitrogen and oxygen atoms in total. The molecule has 0 aliphatic carbocycles. The van der Waals surface area contributed by atoms with Crippen LogP contribution >= 0.6 is 0 Å². The highest BCUT2D eigenvalue weighted by Crippen LogP contribution is 2.31. The lowest BCUT2D eigenvalue weighted by atomic mass is 10.0. The standard InChI is InChI=1S/C18H20N4O3/c1-9-6-13(11(3)24-9)15-7-14(16-10(2)21-25-17(16)20-15)18(23)22-5-4-12(19)8-22/h6-7,12H,4-5,8,19H2,1-3H3/t12-/m1/s1. The van der Waals surface area contributed by atoms with E-state index in [0.717, 1.165) is 23.5 Å². The molecule has 0 unspecified atom stereocenters. The lowest BCUT2D eigenvalue weighted by Gasteiger charge is -2.16. The van der Waals surface area contributed by atoms with Crippen molar-refractivity contribution in [3.63, 3.8) is 0 Å². The van der Waals surface area contributed by atoms with Crippen LogP contribution < -0.4 is 5.73 Å². The van der Waals surface area contributed by atoms with Crippen LogP contribution in [0.15, 0.2) is 21.1 Å². The number of aryl methyl sites for hydroxylation is 3. The van der Waals surface area contributed by atoms with Crippen LogP contribution in [-0.2, 0) is 0 Å². The SMILES string of the molecule is Cc1cc(-c2cc(C(=O)N3CC[C@@H](N)C3)c3c(C)noc3n2)c(C)o1. The summed E-state index contributed by atoms with van der Waals surface area (Å²) in [6, 6.07) is 3.74. The van der Waals surface area contributed by atoms with Gasteiger partial charge in [-0.25, -0.2) is 4.98 Å². The highest BCUT2D eigenvalue weighted by molar-refractivity contribution is 6.07. The second-order valence-electron chi connectivity index (χ2n) is 6.63. The van der Waals surface area contributed by atoms with Gasteiger partial charge in [0.2, 0.25) is 0 Å². The number of nitrogens with zero attached hydrogens (tertiary/aromatic N) is 3. The fraction of sp³-hybridized carbons (Fsp3) is 0.389. The Morgan fingerprint density at radius 1 is 1.32 bits per heavy atom. The van der Waals surface area contributed by atoms with Gasteiger partial charge in [-0.15, -0.1) is 0 Å². The number of carbonyl (C=O) groups excluding carboxylic acids is 1. The van der Waals surface area contributed by atoms with Crippen molar-refractivity contribution in [2.75, 3.05) is 13.1 Å². The van der Waals surface area contributed by atoms with Crippen molar-refractivity contribution in [2.45, 2.75) is 33.2 Å². The largest absolute Gasteiger partial charge is 0.466 e. The van der Waals surface area contributed by atoms with E-state index >= 15 is 0 Å². The smallest absolute Gasteiger partial charge is 0.259 e. The van der Waals surface area contributed by atoms with Gasteiger partial charge in [-0.1, -0.05) is 5.16 Å². The van der Waals surface area contributed by atoms with E-state index in [-0.39, 0.29) is 11.9 Å². The lowest BCUT2D eigenvalue weighted by Crippen LogP contribution is -2.32. The predicted molar refractivity (Wildman–Crippen MR) is 92.2 cm³/mol. The normalized spacial score (nSPS) is 17.6. The van der Waals surface area contributed by atoms with E-state index in [1.165, 1.54) is 0 Å². The van der Waals surface area contributed by atoms with Crippen LogP contribution in [-0.4, -0.2) is 40.1 Å². The molecule has 0 spiro atoms. The molecule has 1 atom stereocenters. The lowest BCUT2D eigenvalue weighted by molar-refractivity contribution is 0.0792. The summed E-state index contributed by atoms with van der Waals surface area (Å²) in [6.07, 6.45) is 0.815. The number of furan rings is 1. The Morgan fingerprint density at radius 2 is 2.12 bits per heavy atom. The molecule has 1 aliphatic rings. The Kier molecular flexibility index (Phi) is 3.61. The second-order valence-corrected chi connectivity index (χ2v) is 6.63. The topological polar surface area (TPSA) is 98.4 Å². The number of likely N-dealkylation sites (tertiary alicyclic amines) is 1. The molecule has 1 fully saturated rings. The Labute approximate surface area is 144 Å². The van der Waals surface area contributed by atoms with Crippen molar-refractivity contribution in [1.29, 1.82) is 0 Å². The molecule has 0 bridgehead atoms. The van der Waals surface area contributed by atoms with Crippen LogP contribution in [0.5, 0.6) is 0 Å². The fourth-order valence-electron chi connectivity index (χ4n) is 3.43. The zero-order chi connectivity index (χ0) is 17.7. The molecule has 2 N–H and O–H groups in total. The third-order valence-electron chi connectivity index (χ3n) is 4.68. The zero-order valence-electron chi connectivity index (χ0n) is 14.5. The molecule has 130 valence electrons. The summed E-state index contributed by atoms with van der Waals surface area (Å²) < 4.78 is 10.9. The molecule has 0 radical (unpaired) electrons. The van der Waals surface area contributed by atoms with E-state index in [1.54, 1.807) is 11.0 Å². The summed E-state index contributed by atoms with van der Waals surface area (Å²) in [6.45, 7) is 6.79. The maximum atomic E-state index is 13.1. The van der Waals surface area contributed by atoms with E-state index in [9.17, 15) is 4.79 Å². The molecular formula is C18H20N4O3. The first-order valence-electron chi connectivity index (χ1n) is 8.33. The van der Waals surface area contributed by atoms with Gasteiger partial charge in [0, 0.05) is 24.7 Å². The Bertz CT molecular complexity index is 972. The average Bonchev–Trinajstić information content (AvgIpc) is 3.26. The zero-order valence-corrected chi connectivity index (χ0v) is 14.5. The number of rotatable bonds is 2. The van der Waals surface area contributed by atoms with Crippen LogP contribution in [0.4, 0.5) is 0 Å². The number of pyridine rings is 1. The molecule has 1 amide bonds. The summed E-state index contributed by atoms with van der Waals surface area (Å²) >= 11 is 0. The highest BCUT2D eigenvalue weighted by Gasteiger charge is 2.28. The molecule has 4 heterocycles. The average molecular weight is 340 g/mol. The van der Waals surface area contributed by atoms with Crippen LogP contribution in [0.3, 0.4) is 0 Å². The van der Waals surface area contributed by atoms with Gasteiger partial charge in [-0.05, 0) is 39.3 Å². The van der Waals surface area contributed by atoms with Gasteiger partial charge in [-0.2, -0.15) is 0 Å². The van der Waals surface area contributed by atoms with Crippen LogP contribution in [0.25, 0.3) is 22.4 Å². The van der Waals surface area contributed by atoms with Crippen LogP contribution in [0.2, 0.25) is 0 Å². The number of carbonyl (C=O) groups is 1. The maximum absolute atomic E-state index is 13.1. The molecule has 25 heavy (non-hydrogen) atoms. The van der Waals surface area contributed by atoms with Crippen molar-refractivity contribution in [3.05, 3.63) is 34.9 Å². The summed E-state index contributed by atoms with van der Waals surface area (Å²) in [5, 5.41) is 4.65. The minimum absolute atomic E-state index is 0.0306. The van der Waals surface area contributed by atoms with Gasteiger partial charge >= 0.3 is 0 Å². The fourth-order valence-corrected chi connectivity index (χ4v) is 3.43. The van der Waals surface area contributed by atoms with E-state index < -0.39 is 0 Å². The highest BCUT2D eigenvalue weighted by atomic mass is 16.5. The van der Waals surface area contributed by atoms with Gasteiger partial charge in [0.25, 0.3) is 11.6 Å². The van der Waals surface area contributed by atoms with Crippen LogP contribution in [0, 0.1) is 20.8 Å². The van der Waals surface area contributed by atoms with Crippen molar-refractivity contribution < 1.29 is 13.7 Å². The molecular weight excluding hydrogens is 320 g/mol. The molecule has 0 saturated carbocycles. The molecule has 3 aromatic heterocycles. The molecule has 1 aliphatic heterocycles. The molecule has 0 aromatic carbocycles. The summed E-state index contributed by atoms with van der Waals surface area (Å²) in [5.41, 5.74) is 9.01. The Balaban J connectivity index is 1.88. The van der Waals surface area contributed by atoms with Crippen molar-refractivity contribution >= 4 is 17.0 Å². The van der Waals surface area contributed by atoms with Gasteiger partial charge in [-0.3, -0.25) is 4.79 Å².